The number of hydrogen-bond acceptors (Lipinski definition) is 8. The van der Waals surface area contributed by atoms with Crippen molar-refractivity contribution in [2.24, 2.45) is 18.4 Å². The number of imide groups is 1. The molecular weight excluding hydrogens is 907 g/mol. The van der Waals surface area contributed by atoms with Gasteiger partial charge in [0.05, 0.1) is 22.1 Å². The number of benzene rings is 3. The molecule has 4 atom stereocenters. The molecule has 1 aromatic heterocycles. The number of halogens is 3. The maximum Gasteiger partial charge on any atom is 0.329 e. The van der Waals surface area contributed by atoms with Crippen molar-refractivity contribution < 1.29 is 23.6 Å². The molecule has 4 aliphatic heterocycles. The van der Waals surface area contributed by atoms with Crippen LogP contribution in [0.5, 0.6) is 0 Å². The van der Waals surface area contributed by atoms with Crippen LogP contribution in [0.25, 0.3) is 11.0 Å². The molecule has 6 aliphatic rings. The lowest BCUT2D eigenvalue weighted by Gasteiger charge is -2.50. The number of anilines is 1. The minimum Gasteiger partial charge on any atom is -0.352 e. The molecule has 3 aromatic carbocycles. The van der Waals surface area contributed by atoms with Crippen LogP contribution >= 0.6 is 23.2 Å². The van der Waals surface area contributed by atoms with Crippen molar-refractivity contribution in [1.29, 1.82) is 0 Å². The molecule has 4 aromatic rings. The highest BCUT2D eigenvalue weighted by Crippen LogP contribution is 2.64. The van der Waals surface area contributed by atoms with Gasteiger partial charge in [-0.2, -0.15) is 0 Å². The van der Waals surface area contributed by atoms with Crippen molar-refractivity contribution in [3.63, 3.8) is 0 Å². The Morgan fingerprint density at radius 3 is 2.32 bits per heavy atom. The van der Waals surface area contributed by atoms with E-state index in [-0.39, 0.29) is 51.9 Å². The quantitative estimate of drug-likeness (QED) is 0.125. The summed E-state index contributed by atoms with van der Waals surface area (Å²) in [5.74, 6) is -2.12. The topological polar surface area (TPSA) is 150 Å². The summed E-state index contributed by atoms with van der Waals surface area (Å²) in [5.41, 5.74) is 1.94. The molecule has 2 saturated carbocycles. The molecule has 10 rings (SSSR count). The highest BCUT2D eigenvalue weighted by atomic mass is 35.5. The normalized spacial score (nSPS) is 28.3. The Morgan fingerprint density at radius 2 is 1.59 bits per heavy atom. The highest BCUT2D eigenvalue weighted by Gasteiger charge is 2.73. The second-order valence-electron chi connectivity index (χ2n) is 21.4. The molecule has 5 fully saturated rings. The van der Waals surface area contributed by atoms with E-state index in [0.29, 0.717) is 41.4 Å². The van der Waals surface area contributed by atoms with Gasteiger partial charge in [-0.05, 0) is 136 Å². The first-order valence-corrected chi connectivity index (χ1v) is 25.4. The van der Waals surface area contributed by atoms with Gasteiger partial charge < -0.3 is 20.4 Å². The van der Waals surface area contributed by atoms with E-state index in [4.69, 9.17) is 23.2 Å². The second-order valence-corrected chi connectivity index (χ2v) is 22.3. The van der Waals surface area contributed by atoms with Gasteiger partial charge in [0, 0.05) is 74.4 Å². The van der Waals surface area contributed by atoms with Gasteiger partial charge in [-0.15, -0.1) is 0 Å². The van der Waals surface area contributed by atoms with Gasteiger partial charge in [0.2, 0.25) is 23.6 Å². The third-order valence-electron chi connectivity index (χ3n) is 16.8. The van der Waals surface area contributed by atoms with E-state index in [0.717, 1.165) is 107 Å². The number of piperidine rings is 1. The van der Waals surface area contributed by atoms with Crippen molar-refractivity contribution in [3.05, 3.63) is 97.6 Å². The van der Waals surface area contributed by atoms with Crippen molar-refractivity contribution >= 4 is 63.6 Å². The van der Waals surface area contributed by atoms with E-state index in [1.807, 2.05) is 18.2 Å². The van der Waals surface area contributed by atoms with E-state index in [2.05, 4.69) is 51.0 Å². The summed E-state index contributed by atoms with van der Waals surface area (Å²) in [6, 6.07) is 14.8. The largest absolute Gasteiger partial charge is 0.352 e. The van der Waals surface area contributed by atoms with Gasteiger partial charge in [-0.1, -0.05) is 61.3 Å². The zero-order valence-corrected chi connectivity index (χ0v) is 40.8. The highest BCUT2D eigenvalue weighted by molar-refractivity contribution is 6.31. The van der Waals surface area contributed by atoms with Crippen LogP contribution in [-0.4, -0.2) is 99.5 Å². The van der Waals surface area contributed by atoms with E-state index in [1.165, 1.54) is 10.6 Å². The van der Waals surface area contributed by atoms with Crippen LogP contribution < -0.4 is 27.0 Å². The molecule has 1 unspecified atom stereocenters. The molecule has 4 amide bonds. The molecule has 3 saturated heterocycles. The van der Waals surface area contributed by atoms with Crippen LogP contribution in [0, 0.1) is 17.2 Å². The number of carbonyl (C=O) groups is 4. The van der Waals surface area contributed by atoms with E-state index >= 15 is 4.39 Å². The zero-order valence-electron chi connectivity index (χ0n) is 39.3. The second kappa shape index (κ2) is 18.3. The number of nitrogens with zero attached hydrogens (tertiary/aromatic N) is 4. The predicted molar refractivity (Wildman–Crippen MR) is 262 cm³/mol. The summed E-state index contributed by atoms with van der Waals surface area (Å²) in [5, 5.41) is 13.2. The monoisotopic (exact) mass is 968 g/mol. The lowest BCUT2D eigenvalue weighted by molar-refractivity contribution is -0.136. The molecule has 5 heterocycles. The number of fused-ring (bicyclic) bond motifs is 4. The van der Waals surface area contributed by atoms with Gasteiger partial charge >= 0.3 is 5.69 Å². The third kappa shape index (κ3) is 8.29. The molecule has 2 spiro atoms. The molecule has 68 heavy (non-hydrogen) atoms. The molecule has 2 aliphatic carbocycles. The fourth-order valence-electron chi connectivity index (χ4n) is 13.1. The number of carbonyl (C=O) groups excluding carboxylic acids is 4. The summed E-state index contributed by atoms with van der Waals surface area (Å²) >= 11 is 13.0. The van der Waals surface area contributed by atoms with Crippen molar-refractivity contribution in [2.75, 3.05) is 44.6 Å². The maximum atomic E-state index is 16.5. The SMILES string of the molecule is Cn1c(=O)n(C2CCC(=O)NC2=O)c2ccc(CCCN3CCN(CC4CCC(NC(=O)[C@@H]5NC6(CCC(C)(C)CC6)[C@@]6(C(=O)Nc7cc(Cl)ccc76)[C@H]5c5cccc(Cl)c5F)CC4)CC3)cc21. The lowest BCUT2D eigenvalue weighted by atomic mass is 9.53. The van der Waals surface area contributed by atoms with Crippen molar-refractivity contribution in [1.82, 2.24) is 34.9 Å². The standard InChI is InChI=1S/C52H63Cl2FN8O5/c1-50(2)19-21-51(22-20-50)52(36-15-12-33(53)29-38(36)57-48(52)67)43(35-7-4-8-37(54)44(35)55)45(59-51)47(66)56-34-13-9-32(10-14-34)30-62-26-24-61(25-27-62)23-5-6-31-11-16-39-41(28-31)60(3)49(68)63(39)40-17-18-42(64)58-46(40)65/h4,7-8,11-12,15-16,28-29,32,34,40,43,45,59H,5-6,9-10,13-14,17-27,30H2,1-3H3,(H,56,66)(H,57,67)(H,58,64,65)/t32?,34?,40?,43-,45+,52+/m0/s1. The number of aryl methyl sites for hydroxylation is 2. The fourth-order valence-corrected chi connectivity index (χ4v) is 13.4. The summed E-state index contributed by atoms with van der Waals surface area (Å²) in [6.45, 7) is 10.5. The average molecular weight is 970 g/mol. The van der Waals surface area contributed by atoms with E-state index < -0.39 is 40.7 Å². The third-order valence-corrected chi connectivity index (χ3v) is 17.4. The summed E-state index contributed by atoms with van der Waals surface area (Å²) in [4.78, 5) is 72.4. The molecule has 13 nitrogen and oxygen atoms in total. The Kier molecular flexibility index (Phi) is 12.7. The van der Waals surface area contributed by atoms with Gasteiger partial charge in [-0.3, -0.25) is 38.9 Å². The first kappa shape index (κ1) is 47.1. The lowest BCUT2D eigenvalue weighted by Crippen LogP contribution is -2.61. The van der Waals surface area contributed by atoms with Gasteiger partial charge in [0.1, 0.15) is 17.3 Å². The molecular formula is C52H63Cl2FN8O5. The Labute approximate surface area is 406 Å². The number of piperazine rings is 1. The van der Waals surface area contributed by atoms with Gasteiger partial charge in [0.25, 0.3) is 0 Å². The van der Waals surface area contributed by atoms with Crippen LogP contribution in [-0.2, 0) is 38.1 Å². The van der Waals surface area contributed by atoms with Crippen LogP contribution in [0.15, 0.2) is 59.4 Å². The molecule has 16 heteroatoms. The fraction of sp³-hybridized carbons (Fsp3) is 0.558. The number of hydrogen-bond donors (Lipinski definition) is 4. The minimum absolute atomic E-state index is 0.0284. The van der Waals surface area contributed by atoms with Gasteiger partial charge in [0.15, 0.2) is 0 Å². The Morgan fingerprint density at radius 1 is 0.853 bits per heavy atom. The first-order chi connectivity index (χ1) is 32.6. The Hall–Kier alpha value is -4.60. The van der Waals surface area contributed by atoms with Crippen molar-refractivity contribution in [3.8, 4) is 0 Å². The van der Waals surface area contributed by atoms with Crippen LogP contribution in [0.2, 0.25) is 10.0 Å². The van der Waals surface area contributed by atoms with Crippen LogP contribution in [0.4, 0.5) is 10.1 Å². The molecule has 0 radical (unpaired) electrons. The number of nitrogens with one attached hydrogen (secondary N) is 4. The van der Waals surface area contributed by atoms with Crippen molar-refractivity contribution in [2.45, 2.75) is 126 Å². The summed E-state index contributed by atoms with van der Waals surface area (Å²) < 4.78 is 19.6. The number of aromatic nitrogens is 2. The summed E-state index contributed by atoms with van der Waals surface area (Å²) in [7, 11) is 1.73. The molecule has 0 bridgehead atoms. The number of rotatable bonds is 10. The Balaban J connectivity index is 0.747. The number of amides is 4. The molecule has 362 valence electrons. The molecule has 4 N–H and O–H groups in total. The van der Waals surface area contributed by atoms with Gasteiger partial charge in [-0.25, -0.2) is 9.18 Å². The van der Waals surface area contributed by atoms with Crippen LogP contribution in [0.3, 0.4) is 0 Å². The van der Waals surface area contributed by atoms with Crippen LogP contribution in [0.1, 0.15) is 113 Å². The maximum absolute atomic E-state index is 16.5. The smallest absolute Gasteiger partial charge is 0.329 e. The average Bonchev–Trinajstić information content (AvgIpc) is 3.87. The first-order valence-electron chi connectivity index (χ1n) is 24.7. The van der Waals surface area contributed by atoms with E-state index in [9.17, 15) is 24.0 Å². The van der Waals surface area contributed by atoms with E-state index in [1.54, 1.807) is 35.9 Å². The predicted octanol–water partition coefficient (Wildman–Crippen LogP) is 6.97. The summed E-state index contributed by atoms with van der Waals surface area (Å²) in [6.07, 6.45) is 9.07. The zero-order chi connectivity index (χ0) is 47.7. The minimum atomic E-state index is -1.29. The number of imidazole rings is 1. The Bertz CT molecular complexity index is 2710.